The minimum Gasteiger partial charge on any atom is -0.482 e. The Morgan fingerprint density at radius 3 is 3.24 bits per heavy atom. The molecule has 2 atom stereocenters. The van der Waals surface area contributed by atoms with Gasteiger partial charge in [0.25, 0.3) is 0 Å². The van der Waals surface area contributed by atoms with E-state index >= 15 is 0 Å². The fourth-order valence-electron chi connectivity index (χ4n) is 2.24. The molecule has 2 aromatic rings. The molecule has 0 bridgehead atoms. The Kier molecular flexibility index (Phi) is 3.87. The van der Waals surface area contributed by atoms with Crippen LogP contribution in [0.1, 0.15) is 5.69 Å². The molecule has 21 heavy (non-hydrogen) atoms. The van der Waals surface area contributed by atoms with E-state index in [4.69, 9.17) is 9.47 Å². The Morgan fingerprint density at radius 1 is 1.62 bits per heavy atom. The summed E-state index contributed by atoms with van der Waals surface area (Å²) in [5, 5.41) is 13.6. The van der Waals surface area contributed by atoms with E-state index < -0.39 is 0 Å². The Hall–Kier alpha value is -2.35. The molecule has 112 valence electrons. The number of ether oxygens (including phenoxy) is 2. The van der Waals surface area contributed by atoms with Gasteiger partial charge in [-0.15, -0.1) is 0 Å². The lowest BCUT2D eigenvalue weighted by atomic mass is 10.2. The topological polar surface area (TPSA) is 94.1 Å². The molecule has 1 amide bonds. The molecule has 2 N–H and O–H groups in total. The maximum Gasteiger partial charge on any atom is 0.226 e. The summed E-state index contributed by atoms with van der Waals surface area (Å²) in [5.74, 6) is 0.541. The van der Waals surface area contributed by atoms with Crippen molar-refractivity contribution in [3.05, 3.63) is 30.4 Å². The Bertz CT molecular complexity index is 595. The minimum absolute atomic E-state index is 0.0926. The highest BCUT2D eigenvalue weighted by atomic mass is 16.5. The van der Waals surface area contributed by atoms with E-state index in [1.165, 1.54) is 0 Å². The second-order valence-electron chi connectivity index (χ2n) is 4.96. The van der Waals surface area contributed by atoms with Crippen molar-refractivity contribution in [1.82, 2.24) is 25.3 Å². The van der Waals surface area contributed by atoms with Gasteiger partial charge in [-0.2, -0.15) is 10.2 Å². The number of amides is 1. The van der Waals surface area contributed by atoms with Crippen molar-refractivity contribution >= 4 is 5.91 Å². The summed E-state index contributed by atoms with van der Waals surface area (Å²) in [6.07, 6.45) is 5.09. The second-order valence-corrected chi connectivity index (χ2v) is 4.96. The van der Waals surface area contributed by atoms with Crippen LogP contribution in [0.4, 0.5) is 0 Å². The van der Waals surface area contributed by atoms with Crippen molar-refractivity contribution in [2.24, 2.45) is 7.05 Å². The number of hydrogen-bond donors (Lipinski definition) is 2. The number of aromatic nitrogens is 4. The van der Waals surface area contributed by atoms with E-state index in [2.05, 4.69) is 20.6 Å². The van der Waals surface area contributed by atoms with Crippen LogP contribution >= 0.6 is 0 Å². The summed E-state index contributed by atoms with van der Waals surface area (Å²) < 4.78 is 12.8. The standard InChI is InChI=1S/C13H17N5O3/c1-18-3-2-9(17-18)4-13(19)16-11-7-20-8-12(11)21-10-5-14-15-6-10/h2-3,5-6,11-12H,4,7-8H2,1H3,(H,14,15)(H,16,19)/t11-,12+/m0/s1. The third-order valence-electron chi connectivity index (χ3n) is 3.25. The van der Waals surface area contributed by atoms with E-state index in [0.717, 1.165) is 5.69 Å². The number of hydrogen-bond acceptors (Lipinski definition) is 5. The highest BCUT2D eigenvalue weighted by Gasteiger charge is 2.31. The molecule has 8 heteroatoms. The quantitative estimate of drug-likeness (QED) is 0.785. The van der Waals surface area contributed by atoms with Crippen molar-refractivity contribution in [2.75, 3.05) is 13.2 Å². The molecule has 0 saturated carbocycles. The number of carbonyl (C=O) groups is 1. The lowest BCUT2D eigenvalue weighted by molar-refractivity contribution is -0.121. The van der Waals surface area contributed by atoms with Crippen LogP contribution in [-0.4, -0.2) is 51.2 Å². The average molecular weight is 291 g/mol. The number of nitrogens with zero attached hydrogens (tertiary/aromatic N) is 3. The first-order valence-electron chi connectivity index (χ1n) is 6.72. The monoisotopic (exact) mass is 291 g/mol. The largest absolute Gasteiger partial charge is 0.482 e. The van der Waals surface area contributed by atoms with Crippen LogP contribution in [0.25, 0.3) is 0 Å². The van der Waals surface area contributed by atoms with Crippen molar-refractivity contribution < 1.29 is 14.3 Å². The van der Waals surface area contributed by atoms with Gasteiger partial charge in [-0.3, -0.25) is 14.6 Å². The van der Waals surface area contributed by atoms with Crippen LogP contribution in [0.15, 0.2) is 24.7 Å². The second kappa shape index (κ2) is 5.96. The number of aromatic amines is 1. The van der Waals surface area contributed by atoms with E-state index in [0.29, 0.717) is 19.0 Å². The van der Waals surface area contributed by atoms with Gasteiger partial charge in [-0.05, 0) is 6.07 Å². The lowest BCUT2D eigenvalue weighted by Crippen LogP contribution is -2.45. The van der Waals surface area contributed by atoms with Gasteiger partial charge in [0.2, 0.25) is 5.91 Å². The molecule has 2 aromatic heterocycles. The zero-order valence-corrected chi connectivity index (χ0v) is 11.7. The Labute approximate surface area is 121 Å². The molecule has 1 fully saturated rings. The summed E-state index contributed by atoms with van der Waals surface area (Å²) in [5.41, 5.74) is 0.737. The molecule has 0 spiro atoms. The Balaban J connectivity index is 1.54. The van der Waals surface area contributed by atoms with Gasteiger partial charge in [0.15, 0.2) is 5.75 Å². The minimum atomic E-state index is -0.213. The van der Waals surface area contributed by atoms with E-state index in [9.17, 15) is 4.79 Å². The molecule has 1 saturated heterocycles. The molecule has 0 aliphatic carbocycles. The van der Waals surface area contributed by atoms with E-state index in [1.807, 2.05) is 19.3 Å². The first kappa shape index (κ1) is 13.6. The molecule has 0 unspecified atom stereocenters. The summed E-state index contributed by atoms with van der Waals surface area (Å²) in [4.78, 5) is 12.0. The van der Waals surface area contributed by atoms with Crippen LogP contribution < -0.4 is 10.1 Å². The maximum atomic E-state index is 12.0. The van der Waals surface area contributed by atoms with Crippen LogP contribution in [0, 0.1) is 0 Å². The van der Waals surface area contributed by atoms with Gasteiger partial charge in [0, 0.05) is 13.2 Å². The van der Waals surface area contributed by atoms with E-state index in [1.54, 1.807) is 17.1 Å². The zero-order chi connectivity index (χ0) is 14.7. The van der Waals surface area contributed by atoms with Crippen LogP contribution in [0.5, 0.6) is 5.75 Å². The molecule has 0 aromatic carbocycles. The number of carbonyl (C=O) groups excluding carboxylic acids is 1. The van der Waals surface area contributed by atoms with E-state index in [-0.39, 0.29) is 24.5 Å². The predicted molar refractivity (Wildman–Crippen MR) is 72.7 cm³/mol. The molecular weight excluding hydrogens is 274 g/mol. The SMILES string of the molecule is Cn1ccc(CC(=O)N[C@H]2COC[C@H]2Oc2cn[nH]c2)n1. The molecule has 1 aliphatic heterocycles. The molecule has 3 heterocycles. The first-order valence-corrected chi connectivity index (χ1v) is 6.72. The Morgan fingerprint density at radius 2 is 2.52 bits per heavy atom. The lowest BCUT2D eigenvalue weighted by Gasteiger charge is -2.19. The van der Waals surface area contributed by atoms with Crippen LogP contribution in [0.2, 0.25) is 0 Å². The summed E-state index contributed by atoms with van der Waals surface area (Å²) in [6, 6.07) is 1.65. The normalized spacial score (nSPS) is 21.4. The van der Waals surface area contributed by atoms with Crippen LogP contribution in [-0.2, 0) is 23.0 Å². The van der Waals surface area contributed by atoms with Gasteiger partial charge in [0.05, 0.1) is 43.8 Å². The van der Waals surface area contributed by atoms with Gasteiger partial charge < -0.3 is 14.8 Å². The average Bonchev–Trinajstić information content (AvgIpc) is 3.15. The molecule has 0 radical (unpaired) electrons. The van der Waals surface area contributed by atoms with Crippen molar-refractivity contribution in [3.63, 3.8) is 0 Å². The molecule has 1 aliphatic rings. The predicted octanol–water partition coefficient (Wildman–Crippen LogP) is -0.352. The number of rotatable bonds is 5. The molecule has 8 nitrogen and oxygen atoms in total. The fourth-order valence-corrected chi connectivity index (χ4v) is 2.24. The summed E-state index contributed by atoms with van der Waals surface area (Å²) in [6.45, 7) is 0.885. The number of H-pyrrole nitrogens is 1. The van der Waals surface area contributed by atoms with Gasteiger partial charge in [-0.1, -0.05) is 0 Å². The van der Waals surface area contributed by atoms with Gasteiger partial charge >= 0.3 is 0 Å². The third kappa shape index (κ3) is 3.40. The highest BCUT2D eigenvalue weighted by molar-refractivity contribution is 5.78. The zero-order valence-electron chi connectivity index (χ0n) is 11.7. The summed E-state index contributed by atoms with van der Waals surface area (Å²) in [7, 11) is 1.82. The number of aryl methyl sites for hydroxylation is 1. The van der Waals surface area contributed by atoms with Gasteiger partial charge in [-0.25, -0.2) is 0 Å². The van der Waals surface area contributed by atoms with Crippen molar-refractivity contribution in [3.8, 4) is 5.75 Å². The first-order chi connectivity index (χ1) is 10.2. The van der Waals surface area contributed by atoms with Crippen molar-refractivity contribution in [2.45, 2.75) is 18.6 Å². The number of nitrogens with one attached hydrogen (secondary N) is 2. The van der Waals surface area contributed by atoms with Crippen molar-refractivity contribution in [1.29, 1.82) is 0 Å². The molecular formula is C13H17N5O3. The maximum absolute atomic E-state index is 12.0. The highest BCUT2D eigenvalue weighted by Crippen LogP contribution is 2.15. The van der Waals surface area contributed by atoms with Crippen LogP contribution in [0.3, 0.4) is 0 Å². The smallest absolute Gasteiger partial charge is 0.226 e. The third-order valence-corrected chi connectivity index (χ3v) is 3.25. The van der Waals surface area contributed by atoms with Gasteiger partial charge in [0.1, 0.15) is 6.10 Å². The molecule has 3 rings (SSSR count). The summed E-state index contributed by atoms with van der Waals surface area (Å²) >= 11 is 0. The fraction of sp³-hybridized carbons (Fsp3) is 0.462.